The first-order valence-electron chi connectivity index (χ1n) is 10.1. The monoisotopic (exact) mass is 445 g/mol. The molecule has 1 aromatic heterocycles. The van der Waals surface area contributed by atoms with Gasteiger partial charge in [0.25, 0.3) is 5.56 Å². The van der Waals surface area contributed by atoms with Crippen LogP contribution in [0.15, 0.2) is 76.7 Å². The van der Waals surface area contributed by atoms with Crippen LogP contribution < -0.4 is 15.6 Å². The van der Waals surface area contributed by atoms with E-state index in [2.05, 4.69) is 11.4 Å². The fraction of sp³-hybridized carbons (Fsp3) is 0.160. The van der Waals surface area contributed by atoms with Crippen LogP contribution in [0.4, 0.5) is 5.69 Å². The Hall–Kier alpha value is -3.58. The van der Waals surface area contributed by atoms with Gasteiger partial charge < -0.3 is 10.1 Å². The van der Waals surface area contributed by atoms with E-state index in [0.717, 1.165) is 16.8 Å². The van der Waals surface area contributed by atoms with Gasteiger partial charge in [-0.05, 0) is 61.4 Å². The zero-order valence-electron chi connectivity index (χ0n) is 18.1. The van der Waals surface area contributed by atoms with E-state index in [1.807, 2.05) is 56.3 Å². The largest absolute Gasteiger partial charge is 0.497 e. The molecule has 1 N–H and O–H groups in total. The van der Waals surface area contributed by atoms with Gasteiger partial charge in [0.2, 0.25) is 5.91 Å². The smallest absolute Gasteiger partial charge is 0.266 e. The molecule has 7 heteroatoms. The average molecular weight is 446 g/mol. The Labute approximate surface area is 190 Å². The number of benzene rings is 3. The van der Waals surface area contributed by atoms with Crippen molar-refractivity contribution >= 4 is 34.3 Å². The van der Waals surface area contributed by atoms with Crippen molar-refractivity contribution in [3.63, 3.8) is 0 Å². The molecule has 0 radical (unpaired) electrons. The molecule has 32 heavy (non-hydrogen) atoms. The first kappa shape index (κ1) is 21.6. The van der Waals surface area contributed by atoms with Crippen molar-refractivity contribution in [1.29, 1.82) is 0 Å². The minimum absolute atomic E-state index is 0.104. The van der Waals surface area contributed by atoms with Gasteiger partial charge in [-0.15, -0.1) is 0 Å². The third-order valence-corrected chi connectivity index (χ3v) is 5.83. The standard InChI is InChI=1S/C25H23N3O3S/c1-16-11-17(2)13-19(12-16)28-24(30)21-9-4-5-10-22(21)27-25(28)32-15-23(29)26-18-7-6-8-20(14-18)31-3/h4-14H,15H2,1-3H3,(H,26,29). The van der Waals surface area contributed by atoms with Crippen LogP contribution in [0.5, 0.6) is 5.75 Å². The molecule has 1 heterocycles. The molecule has 0 spiro atoms. The predicted molar refractivity (Wildman–Crippen MR) is 129 cm³/mol. The summed E-state index contributed by atoms with van der Waals surface area (Å²) in [7, 11) is 1.58. The SMILES string of the molecule is COc1cccc(NC(=O)CSc2nc3ccccc3c(=O)n2-c2cc(C)cc(C)c2)c1. The van der Waals surface area contributed by atoms with Crippen molar-refractivity contribution in [1.82, 2.24) is 9.55 Å². The van der Waals surface area contributed by atoms with Crippen molar-refractivity contribution in [2.75, 3.05) is 18.2 Å². The number of thioether (sulfide) groups is 1. The van der Waals surface area contributed by atoms with E-state index in [1.54, 1.807) is 29.9 Å². The summed E-state index contributed by atoms with van der Waals surface area (Å²) in [5, 5.41) is 3.87. The molecule has 0 aliphatic heterocycles. The summed E-state index contributed by atoms with van der Waals surface area (Å²) in [5.41, 5.74) is 3.93. The van der Waals surface area contributed by atoms with Crippen molar-refractivity contribution in [3.8, 4) is 11.4 Å². The quantitative estimate of drug-likeness (QED) is 0.343. The zero-order chi connectivity index (χ0) is 22.7. The number of ether oxygens (including phenoxy) is 1. The van der Waals surface area contributed by atoms with Gasteiger partial charge in [0, 0.05) is 11.8 Å². The second-order valence-electron chi connectivity index (χ2n) is 7.47. The lowest BCUT2D eigenvalue weighted by atomic mass is 10.1. The number of rotatable bonds is 6. The lowest BCUT2D eigenvalue weighted by Gasteiger charge is -2.14. The Bertz CT molecular complexity index is 1340. The Morgan fingerprint density at radius 2 is 1.78 bits per heavy atom. The van der Waals surface area contributed by atoms with Crippen molar-refractivity contribution < 1.29 is 9.53 Å². The summed E-state index contributed by atoms with van der Waals surface area (Å²) < 4.78 is 6.79. The summed E-state index contributed by atoms with van der Waals surface area (Å²) in [6, 6.07) is 20.4. The van der Waals surface area contributed by atoms with Gasteiger partial charge in [0.05, 0.1) is 29.5 Å². The van der Waals surface area contributed by atoms with Crippen LogP contribution >= 0.6 is 11.8 Å². The molecule has 0 aliphatic rings. The number of fused-ring (bicyclic) bond motifs is 1. The molecule has 162 valence electrons. The van der Waals surface area contributed by atoms with Crippen molar-refractivity contribution in [2.24, 2.45) is 0 Å². The number of aromatic nitrogens is 2. The fourth-order valence-corrected chi connectivity index (χ4v) is 4.36. The number of hydrogen-bond donors (Lipinski definition) is 1. The second-order valence-corrected chi connectivity index (χ2v) is 8.41. The molecule has 0 unspecified atom stereocenters. The lowest BCUT2D eigenvalue weighted by molar-refractivity contribution is -0.113. The third kappa shape index (κ3) is 4.68. The van der Waals surface area contributed by atoms with Gasteiger partial charge in [-0.2, -0.15) is 0 Å². The Kier molecular flexibility index (Phi) is 6.28. The molecule has 0 aliphatic carbocycles. The molecular weight excluding hydrogens is 422 g/mol. The highest BCUT2D eigenvalue weighted by molar-refractivity contribution is 7.99. The maximum atomic E-state index is 13.4. The van der Waals surface area contributed by atoms with E-state index in [4.69, 9.17) is 9.72 Å². The number of aryl methyl sites for hydroxylation is 2. The number of nitrogens with zero attached hydrogens (tertiary/aromatic N) is 2. The van der Waals surface area contributed by atoms with Crippen LogP contribution in [-0.2, 0) is 4.79 Å². The fourth-order valence-electron chi connectivity index (χ4n) is 3.54. The predicted octanol–water partition coefficient (Wildman–Crippen LogP) is 4.74. The van der Waals surface area contributed by atoms with Crippen LogP contribution in [0.3, 0.4) is 0 Å². The zero-order valence-corrected chi connectivity index (χ0v) is 18.9. The minimum Gasteiger partial charge on any atom is -0.497 e. The first-order valence-corrected chi connectivity index (χ1v) is 11.1. The topological polar surface area (TPSA) is 73.2 Å². The molecule has 0 saturated heterocycles. The highest BCUT2D eigenvalue weighted by Crippen LogP contribution is 2.23. The number of nitrogens with one attached hydrogen (secondary N) is 1. The number of para-hydroxylation sites is 1. The van der Waals surface area contributed by atoms with E-state index >= 15 is 0 Å². The molecule has 0 fully saturated rings. The van der Waals surface area contributed by atoms with Crippen LogP contribution in [0.25, 0.3) is 16.6 Å². The van der Waals surface area contributed by atoms with Gasteiger partial charge in [-0.25, -0.2) is 4.98 Å². The van der Waals surface area contributed by atoms with E-state index in [9.17, 15) is 9.59 Å². The maximum Gasteiger partial charge on any atom is 0.266 e. The molecule has 1 amide bonds. The summed E-state index contributed by atoms with van der Waals surface area (Å²) in [6.45, 7) is 3.98. The number of amides is 1. The van der Waals surface area contributed by atoms with Crippen LogP contribution in [0.1, 0.15) is 11.1 Å². The molecule has 6 nitrogen and oxygen atoms in total. The van der Waals surface area contributed by atoms with Crippen LogP contribution in [-0.4, -0.2) is 28.3 Å². The van der Waals surface area contributed by atoms with Gasteiger partial charge in [-0.3, -0.25) is 14.2 Å². The number of carbonyl (C=O) groups excluding carboxylic acids is 1. The van der Waals surface area contributed by atoms with Crippen LogP contribution in [0, 0.1) is 13.8 Å². The molecule has 0 saturated carbocycles. The summed E-state index contributed by atoms with van der Waals surface area (Å²) >= 11 is 1.23. The summed E-state index contributed by atoms with van der Waals surface area (Å²) in [6.07, 6.45) is 0. The molecular formula is C25H23N3O3S. The van der Waals surface area contributed by atoms with Crippen molar-refractivity contribution in [3.05, 3.63) is 88.2 Å². The Morgan fingerprint density at radius 1 is 1.03 bits per heavy atom. The molecule has 3 aromatic carbocycles. The van der Waals surface area contributed by atoms with Gasteiger partial charge >= 0.3 is 0 Å². The van der Waals surface area contributed by atoms with Gasteiger partial charge in [0.1, 0.15) is 5.75 Å². The maximum absolute atomic E-state index is 13.4. The molecule has 0 bridgehead atoms. The number of methoxy groups -OCH3 is 1. The third-order valence-electron chi connectivity index (χ3n) is 4.90. The van der Waals surface area contributed by atoms with E-state index in [-0.39, 0.29) is 17.2 Å². The summed E-state index contributed by atoms with van der Waals surface area (Å²) in [4.78, 5) is 30.7. The first-order chi connectivity index (χ1) is 15.4. The minimum atomic E-state index is -0.197. The number of anilines is 1. The van der Waals surface area contributed by atoms with Crippen LogP contribution in [0.2, 0.25) is 0 Å². The Morgan fingerprint density at radius 3 is 2.53 bits per heavy atom. The summed E-state index contributed by atoms with van der Waals surface area (Å²) in [5.74, 6) is 0.570. The molecule has 4 rings (SSSR count). The average Bonchev–Trinajstić information content (AvgIpc) is 2.77. The lowest BCUT2D eigenvalue weighted by Crippen LogP contribution is -2.23. The highest BCUT2D eigenvalue weighted by atomic mass is 32.2. The Balaban J connectivity index is 1.68. The number of hydrogen-bond acceptors (Lipinski definition) is 5. The van der Waals surface area contributed by atoms with Gasteiger partial charge in [-0.1, -0.05) is 36.0 Å². The van der Waals surface area contributed by atoms with Crippen molar-refractivity contribution in [2.45, 2.75) is 19.0 Å². The normalized spacial score (nSPS) is 10.8. The van der Waals surface area contributed by atoms with E-state index in [0.29, 0.717) is 27.5 Å². The molecule has 4 aromatic rings. The van der Waals surface area contributed by atoms with E-state index in [1.165, 1.54) is 11.8 Å². The van der Waals surface area contributed by atoms with E-state index < -0.39 is 0 Å². The second kappa shape index (κ2) is 9.28. The highest BCUT2D eigenvalue weighted by Gasteiger charge is 2.15. The molecule has 0 atom stereocenters. The number of carbonyl (C=O) groups is 1. The van der Waals surface area contributed by atoms with Gasteiger partial charge in [0.15, 0.2) is 5.16 Å².